The van der Waals surface area contributed by atoms with E-state index >= 15 is 0 Å². The number of methoxy groups -OCH3 is 1. The number of benzene rings is 1. The van der Waals surface area contributed by atoms with E-state index in [0.717, 1.165) is 50.9 Å². The molecule has 0 amide bonds. The summed E-state index contributed by atoms with van der Waals surface area (Å²) < 4.78 is 5.13. The molecular formula is C15H23NO2. The lowest BCUT2D eigenvalue weighted by Crippen LogP contribution is -2.38. The summed E-state index contributed by atoms with van der Waals surface area (Å²) in [5.74, 6) is 0.895. The quantitative estimate of drug-likeness (QED) is 0.759. The predicted octanol–water partition coefficient (Wildman–Crippen LogP) is 2.13. The smallest absolute Gasteiger partial charge is 0.118 e. The van der Waals surface area contributed by atoms with Gasteiger partial charge in [-0.3, -0.25) is 0 Å². The van der Waals surface area contributed by atoms with Crippen molar-refractivity contribution in [3.8, 4) is 5.75 Å². The minimum atomic E-state index is -0.445. The van der Waals surface area contributed by atoms with E-state index in [1.165, 1.54) is 5.56 Å². The van der Waals surface area contributed by atoms with Crippen molar-refractivity contribution in [1.29, 1.82) is 0 Å². The van der Waals surface area contributed by atoms with Crippen molar-refractivity contribution in [1.82, 2.24) is 5.32 Å². The highest BCUT2D eigenvalue weighted by Crippen LogP contribution is 2.28. The fraction of sp³-hybridized carbons (Fsp3) is 0.600. The SMILES string of the molecule is COc1ccc(CCNCC2(O)CCCC2)cc1. The Morgan fingerprint density at radius 3 is 2.50 bits per heavy atom. The van der Waals surface area contributed by atoms with Crippen LogP contribution < -0.4 is 10.1 Å². The minimum Gasteiger partial charge on any atom is -0.497 e. The van der Waals surface area contributed by atoms with Gasteiger partial charge in [-0.2, -0.15) is 0 Å². The second-order valence-electron chi connectivity index (χ2n) is 5.21. The number of nitrogens with one attached hydrogen (secondary N) is 1. The van der Waals surface area contributed by atoms with Gasteiger partial charge < -0.3 is 15.2 Å². The Morgan fingerprint density at radius 1 is 1.22 bits per heavy atom. The third kappa shape index (κ3) is 3.72. The Bertz CT molecular complexity index is 355. The van der Waals surface area contributed by atoms with Gasteiger partial charge in [0.15, 0.2) is 0 Å². The van der Waals surface area contributed by atoms with Crippen LogP contribution in [0.25, 0.3) is 0 Å². The molecule has 0 aliphatic heterocycles. The van der Waals surface area contributed by atoms with Gasteiger partial charge in [0.2, 0.25) is 0 Å². The first-order valence-electron chi connectivity index (χ1n) is 6.78. The van der Waals surface area contributed by atoms with Crippen molar-refractivity contribution in [3.63, 3.8) is 0 Å². The maximum atomic E-state index is 10.2. The van der Waals surface area contributed by atoms with Crippen LogP contribution in [0.15, 0.2) is 24.3 Å². The zero-order valence-electron chi connectivity index (χ0n) is 11.1. The molecule has 1 aliphatic carbocycles. The van der Waals surface area contributed by atoms with Crippen LogP contribution in [0, 0.1) is 0 Å². The monoisotopic (exact) mass is 249 g/mol. The summed E-state index contributed by atoms with van der Waals surface area (Å²) in [5, 5.41) is 13.5. The molecule has 0 saturated heterocycles. The summed E-state index contributed by atoms with van der Waals surface area (Å²) in [4.78, 5) is 0. The van der Waals surface area contributed by atoms with Crippen molar-refractivity contribution >= 4 is 0 Å². The molecular weight excluding hydrogens is 226 g/mol. The molecule has 18 heavy (non-hydrogen) atoms. The molecule has 0 spiro atoms. The van der Waals surface area contributed by atoms with E-state index in [4.69, 9.17) is 4.74 Å². The third-order valence-electron chi connectivity index (χ3n) is 3.74. The molecule has 2 rings (SSSR count). The van der Waals surface area contributed by atoms with Crippen LogP contribution in [0.5, 0.6) is 5.75 Å². The van der Waals surface area contributed by atoms with Gasteiger partial charge in [0.05, 0.1) is 12.7 Å². The van der Waals surface area contributed by atoms with Crippen molar-refractivity contribution in [2.45, 2.75) is 37.7 Å². The minimum absolute atomic E-state index is 0.445. The van der Waals surface area contributed by atoms with Crippen LogP contribution in [0.4, 0.5) is 0 Å². The number of hydrogen-bond donors (Lipinski definition) is 2. The summed E-state index contributed by atoms with van der Waals surface area (Å²) in [7, 11) is 1.68. The van der Waals surface area contributed by atoms with Crippen molar-refractivity contribution in [2.75, 3.05) is 20.2 Å². The van der Waals surface area contributed by atoms with Gasteiger partial charge in [-0.05, 0) is 43.5 Å². The average Bonchev–Trinajstić information content (AvgIpc) is 2.83. The third-order valence-corrected chi connectivity index (χ3v) is 3.74. The van der Waals surface area contributed by atoms with E-state index in [9.17, 15) is 5.11 Å². The van der Waals surface area contributed by atoms with Gasteiger partial charge in [-0.15, -0.1) is 0 Å². The summed E-state index contributed by atoms with van der Waals surface area (Å²) in [5.41, 5.74) is 0.849. The molecule has 0 aromatic heterocycles. The zero-order valence-corrected chi connectivity index (χ0v) is 11.1. The van der Waals surface area contributed by atoms with Crippen LogP contribution in [0.3, 0.4) is 0 Å². The molecule has 2 N–H and O–H groups in total. The lowest BCUT2D eigenvalue weighted by molar-refractivity contribution is 0.0481. The van der Waals surface area contributed by atoms with Crippen molar-refractivity contribution in [2.24, 2.45) is 0 Å². The molecule has 0 bridgehead atoms. The van der Waals surface area contributed by atoms with Crippen LogP contribution in [-0.2, 0) is 6.42 Å². The molecule has 3 heteroatoms. The fourth-order valence-corrected chi connectivity index (χ4v) is 2.56. The van der Waals surface area contributed by atoms with Crippen LogP contribution in [0.1, 0.15) is 31.2 Å². The molecule has 1 aromatic rings. The Morgan fingerprint density at radius 2 is 1.89 bits per heavy atom. The second kappa shape index (κ2) is 6.21. The highest BCUT2D eigenvalue weighted by molar-refractivity contribution is 5.27. The molecule has 0 radical (unpaired) electrons. The Hall–Kier alpha value is -1.06. The van der Waals surface area contributed by atoms with Crippen LogP contribution in [-0.4, -0.2) is 30.9 Å². The molecule has 0 heterocycles. The molecule has 0 atom stereocenters. The lowest BCUT2D eigenvalue weighted by Gasteiger charge is -2.22. The fourth-order valence-electron chi connectivity index (χ4n) is 2.56. The van der Waals surface area contributed by atoms with Crippen LogP contribution in [0.2, 0.25) is 0 Å². The maximum Gasteiger partial charge on any atom is 0.118 e. The van der Waals surface area contributed by atoms with Gasteiger partial charge in [0.25, 0.3) is 0 Å². The molecule has 3 nitrogen and oxygen atoms in total. The first-order chi connectivity index (χ1) is 8.72. The Kier molecular flexibility index (Phi) is 4.61. The average molecular weight is 249 g/mol. The highest BCUT2D eigenvalue weighted by Gasteiger charge is 2.30. The van der Waals surface area contributed by atoms with E-state index in [2.05, 4.69) is 17.4 Å². The van der Waals surface area contributed by atoms with Gasteiger partial charge >= 0.3 is 0 Å². The van der Waals surface area contributed by atoms with Gasteiger partial charge in [0.1, 0.15) is 5.75 Å². The van der Waals surface area contributed by atoms with E-state index in [1.807, 2.05) is 12.1 Å². The maximum absolute atomic E-state index is 10.2. The molecule has 1 aromatic carbocycles. The second-order valence-corrected chi connectivity index (χ2v) is 5.21. The van der Waals surface area contributed by atoms with Gasteiger partial charge in [-0.1, -0.05) is 25.0 Å². The van der Waals surface area contributed by atoms with Crippen molar-refractivity contribution in [3.05, 3.63) is 29.8 Å². The number of hydrogen-bond acceptors (Lipinski definition) is 3. The molecule has 100 valence electrons. The number of aliphatic hydroxyl groups is 1. The van der Waals surface area contributed by atoms with E-state index < -0.39 is 5.60 Å². The largest absolute Gasteiger partial charge is 0.497 e. The standard InChI is InChI=1S/C15H23NO2/c1-18-14-6-4-13(5-7-14)8-11-16-12-15(17)9-2-3-10-15/h4-7,16-17H,2-3,8-12H2,1H3. The number of ether oxygens (including phenoxy) is 1. The first-order valence-corrected chi connectivity index (χ1v) is 6.78. The number of rotatable bonds is 6. The molecule has 1 fully saturated rings. The predicted molar refractivity (Wildman–Crippen MR) is 73.0 cm³/mol. The van der Waals surface area contributed by atoms with E-state index in [1.54, 1.807) is 7.11 Å². The Balaban J connectivity index is 1.68. The zero-order chi connectivity index (χ0) is 12.8. The molecule has 1 aliphatic rings. The lowest BCUT2D eigenvalue weighted by atomic mass is 10.0. The van der Waals surface area contributed by atoms with Gasteiger partial charge in [-0.25, -0.2) is 0 Å². The van der Waals surface area contributed by atoms with Gasteiger partial charge in [0, 0.05) is 6.54 Å². The van der Waals surface area contributed by atoms with Crippen molar-refractivity contribution < 1.29 is 9.84 Å². The van der Waals surface area contributed by atoms with E-state index in [0.29, 0.717) is 0 Å². The first kappa shape index (κ1) is 13.4. The van der Waals surface area contributed by atoms with E-state index in [-0.39, 0.29) is 0 Å². The summed E-state index contributed by atoms with van der Waals surface area (Å²) in [6.45, 7) is 1.64. The normalized spacial score (nSPS) is 17.9. The topological polar surface area (TPSA) is 41.5 Å². The summed E-state index contributed by atoms with van der Waals surface area (Å²) in [6, 6.07) is 8.15. The summed E-state index contributed by atoms with van der Waals surface area (Å²) >= 11 is 0. The Labute approximate surface area is 109 Å². The summed E-state index contributed by atoms with van der Waals surface area (Å²) in [6.07, 6.45) is 5.21. The highest BCUT2D eigenvalue weighted by atomic mass is 16.5. The molecule has 0 unspecified atom stereocenters. The van der Waals surface area contributed by atoms with Crippen LogP contribution >= 0.6 is 0 Å². The molecule has 1 saturated carbocycles.